The number of aryl methyl sites for hydroxylation is 1. The third-order valence-corrected chi connectivity index (χ3v) is 3.25. The number of fused-ring (bicyclic) bond motifs is 1. The van der Waals surface area contributed by atoms with Crippen molar-refractivity contribution in [3.63, 3.8) is 0 Å². The number of nitrogens with two attached hydrogens (primary N) is 1. The Morgan fingerprint density at radius 3 is 2.47 bits per heavy atom. The van der Waals surface area contributed by atoms with E-state index in [1.807, 2.05) is 12.1 Å². The summed E-state index contributed by atoms with van der Waals surface area (Å²) in [6, 6.07) is 9.75. The second kappa shape index (κ2) is 4.38. The molecular formula is C15H19NO. The van der Waals surface area contributed by atoms with Crippen LogP contribution < -0.4 is 5.73 Å². The second-order valence-electron chi connectivity index (χ2n) is 4.99. The minimum absolute atomic E-state index is 0.138. The molecule has 2 aromatic rings. The van der Waals surface area contributed by atoms with Gasteiger partial charge in [-0.15, -0.1) is 0 Å². The van der Waals surface area contributed by atoms with Gasteiger partial charge in [0.15, 0.2) is 0 Å². The molecule has 1 atom stereocenters. The molecule has 0 aliphatic rings. The monoisotopic (exact) mass is 229 g/mol. The summed E-state index contributed by atoms with van der Waals surface area (Å²) in [4.78, 5) is 0. The topological polar surface area (TPSA) is 46.2 Å². The Labute approximate surface area is 102 Å². The molecule has 0 amide bonds. The summed E-state index contributed by atoms with van der Waals surface area (Å²) in [5.74, 6) is 0.593. The van der Waals surface area contributed by atoms with Gasteiger partial charge in [0.2, 0.25) is 0 Å². The smallest absolute Gasteiger partial charge is 0.120 e. The molecule has 3 N–H and O–H groups in total. The van der Waals surface area contributed by atoms with Crippen molar-refractivity contribution in [3.8, 4) is 5.75 Å². The summed E-state index contributed by atoms with van der Waals surface area (Å²) in [5, 5.41) is 12.2. The predicted molar refractivity (Wildman–Crippen MR) is 72.1 cm³/mol. The molecule has 0 fully saturated rings. The molecule has 0 heterocycles. The van der Waals surface area contributed by atoms with E-state index in [1.165, 1.54) is 5.56 Å². The van der Waals surface area contributed by atoms with Gasteiger partial charge in [0.25, 0.3) is 0 Å². The minimum Gasteiger partial charge on any atom is -0.508 e. The summed E-state index contributed by atoms with van der Waals surface area (Å²) in [7, 11) is 0. The Kier molecular flexibility index (Phi) is 3.07. The maximum atomic E-state index is 10.0. The molecule has 0 aliphatic carbocycles. The highest BCUT2D eigenvalue weighted by atomic mass is 16.3. The molecular weight excluding hydrogens is 210 g/mol. The third-order valence-electron chi connectivity index (χ3n) is 3.25. The number of hydrogen-bond acceptors (Lipinski definition) is 2. The van der Waals surface area contributed by atoms with Gasteiger partial charge in [-0.25, -0.2) is 0 Å². The molecule has 2 nitrogen and oxygen atoms in total. The summed E-state index contributed by atoms with van der Waals surface area (Å²) in [6.07, 6.45) is 0. The van der Waals surface area contributed by atoms with Crippen molar-refractivity contribution in [3.05, 3.63) is 41.5 Å². The molecule has 2 heteroatoms. The molecule has 17 heavy (non-hydrogen) atoms. The fourth-order valence-corrected chi connectivity index (χ4v) is 2.15. The third kappa shape index (κ3) is 2.13. The first-order chi connectivity index (χ1) is 8.00. The van der Waals surface area contributed by atoms with Crippen LogP contribution in [0.5, 0.6) is 5.75 Å². The lowest BCUT2D eigenvalue weighted by molar-refractivity contribution is 0.442. The van der Waals surface area contributed by atoms with Gasteiger partial charge in [-0.05, 0) is 29.7 Å². The van der Waals surface area contributed by atoms with E-state index < -0.39 is 0 Å². The molecule has 90 valence electrons. The van der Waals surface area contributed by atoms with Crippen molar-refractivity contribution in [2.45, 2.75) is 26.8 Å². The Bertz CT molecular complexity index is 546. The van der Waals surface area contributed by atoms with E-state index in [2.05, 4.69) is 32.9 Å². The molecule has 0 saturated heterocycles. The van der Waals surface area contributed by atoms with Crippen molar-refractivity contribution in [2.24, 2.45) is 11.7 Å². The van der Waals surface area contributed by atoms with Crippen molar-refractivity contribution in [1.29, 1.82) is 0 Å². The highest BCUT2D eigenvalue weighted by Gasteiger charge is 2.17. The zero-order valence-electron chi connectivity index (χ0n) is 10.6. The van der Waals surface area contributed by atoms with Gasteiger partial charge in [-0.2, -0.15) is 0 Å². The first kappa shape index (κ1) is 11.9. The van der Waals surface area contributed by atoms with Gasteiger partial charge < -0.3 is 10.8 Å². The molecule has 2 aromatic carbocycles. The molecule has 0 spiro atoms. The van der Waals surface area contributed by atoms with E-state index in [1.54, 1.807) is 6.07 Å². The van der Waals surface area contributed by atoms with Crippen LogP contribution in [0.3, 0.4) is 0 Å². The lowest BCUT2D eigenvalue weighted by atomic mass is 9.91. The molecule has 1 unspecified atom stereocenters. The molecule has 0 saturated carbocycles. The SMILES string of the molecule is Cc1ccc2c(C(N)C(C)C)c(O)ccc2c1. The van der Waals surface area contributed by atoms with Crippen LogP contribution in [-0.4, -0.2) is 5.11 Å². The van der Waals surface area contributed by atoms with Gasteiger partial charge in [0.1, 0.15) is 5.75 Å². The van der Waals surface area contributed by atoms with Crippen LogP contribution in [-0.2, 0) is 0 Å². The van der Waals surface area contributed by atoms with Crippen LogP contribution in [0, 0.1) is 12.8 Å². The summed E-state index contributed by atoms with van der Waals surface area (Å²) < 4.78 is 0. The highest BCUT2D eigenvalue weighted by Crippen LogP contribution is 2.34. The number of phenols is 1. The number of benzene rings is 2. The van der Waals surface area contributed by atoms with Crippen LogP contribution in [0.4, 0.5) is 0 Å². The van der Waals surface area contributed by atoms with Crippen LogP contribution in [0.25, 0.3) is 10.8 Å². The van der Waals surface area contributed by atoms with E-state index in [9.17, 15) is 5.11 Å². The maximum Gasteiger partial charge on any atom is 0.120 e. The van der Waals surface area contributed by atoms with Crippen LogP contribution in [0.1, 0.15) is 31.0 Å². The number of aromatic hydroxyl groups is 1. The fourth-order valence-electron chi connectivity index (χ4n) is 2.15. The van der Waals surface area contributed by atoms with E-state index in [-0.39, 0.29) is 6.04 Å². The van der Waals surface area contributed by atoms with Crippen molar-refractivity contribution in [1.82, 2.24) is 0 Å². The molecule has 0 radical (unpaired) electrons. The summed E-state index contributed by atoms with van der Waals surface area (Å²) in [6.45, 7) is 6.20. The van der Waals surface area contributed by atoms with E-state index in [0.29, 0.717) is 11.7 Å². The quantitative estimate of drug-likeness (QED) is 0.827. The largest absolute Gasteiger partial charge is 0.508 e. The van der Waals surface area contributed by atoms with Crippen molar-refractivity contribution < 1.29 is 5.11 Å². The van der Waals surface area contributed by atoms with Gasteiger partial charge >= 0.3 is 0 Å². The van der Waals surface area contributed by atoms with E-state index in [0.717, 1.165) is 16.3 Å². The Balaban J connectivity index is 2.72. The van der Waals surface area contributed by atoms with Gasteiger partial charge in [-0.1, -0.05) is 43.7 Å². The number of phenolic OH excluding ortho intramolecular Hbond substituents is 1. The zero-order chi connectivity index (χ0) is 12.6. The van der Waals surface area contributed by atoms with Crippen molar-refractivity contribution in [2.75, 3.05) is 0 Å². The average Bonchev–Trinajstić information content (AvgIpc) is 2.28. The Morgan fingerprint density at radius 1 is 1.12 bits per heavy atom. The first-order valence-electron chi connectivity index (χ1n) is 5.98. The van der Waals surface area contributed by atoms with Crippen molar-refractivity contribution >= 4 is 10.8 Å². The van der Waals surface area contributed by atoms with E-state index in [4.69, 9.17) is 5.73 Å². The Morgan fingerprint density at radius 2 is 1.82 bits per heavy atom. The first-order valence-corrected chi connectivity index (χ1v) is 5.98. The number of rotatable bonds is 2. The molecule has 0 aromatic heterocycles. The van der Waals surface area contributed by atoms with Crippen LogP contribution in [0.2, 0.25) is 0 Å². The van der Waals surface area contributed by atoms with E-state index >= 15 is 0 Å². The van der Waals surface area contributed by atoms with Gasteiger partial charge in [-0.3, -0.25) is 0 Å². The standard InChI is InChI=1S/C15H19NO/c1-9(2)15(16)14-12-6-4-10(3)8-11(12)5-7-13(14)17/h4-9,15,17H,16H2,1-3H3. The molecule has 0 aliphatic heterocycles. The van der Waals surface area contributed by atoms with Crippen LogP contribution in [0.15, 0.2) is 30.3 Å². The highest BCUT2D eigenvalue weighted by molar-refractivity contribution is 5.88. The molecule has 2 rings (SSSR count). The van der Waals surface area contributed by atoms with Gasteiger partial charge in [0, 0.05) is 11.6 Å². The average molecular weight is 229 g/mol. The second-order valence-corrected chi connectivity index (χ2v) is 4.99. The normalized spacial score (nSPS) is 13.2. The summed E-state index contributed by atoms with van der Waals surface area (Å²) >= 11 is 0. The van der Waals surface area contributed by atoms with Gasteiger partial charge in [0.05, 0.1) is 0 Å². The fraction of sp³-hybridized carbons (Fsp3) is 0.333. The maximum absolute atomic E-state index is 10.0. The lowest BCUT2D eigenvalue weighted by Crippen LogP contribution is -2.17. The van der Waals surface area contributed by atoms with Crippen LogP contribution >= 0.6 is 0 Å². The zero-order valence-corrected chi connectivity index (χ0v) is 10.6. The Hall–Kier alpha value is -1.54. The molecule has 0 bridgehead atoms. The lowest BCUT2D eigenvalue weighted by Gasteiger charge is -2.19. The summed E-state index contributed by atoms with van der Waals surface area (Å²) in [5.41, 5.74) is 8.26. The number of hydrogen-bond donors (Lipinski definition) is 2. The predicted octanol–water partition coefficient (Wildman–Crippen LogP) is 3.51. The minimum atomic E-state index is -0.138.